The topological polar surface area (TPSA) is 52.6 Å². The summed E-state index contributed by atoms with van der Waals surface area (Å²) in [6, 6.07) is 10.2. The number of hydrogen-bond donors (Lipinski definition) is 0. The molecule has 7 heteroatoms. The lowest BCUT2D eigenvalue weighted by Crippen LogP contribution is -2.40. The van der Waals surface area contributed by atoms with Gasteiger partial charge in [-0.2, -0.15) is 13.2 Å². The van der Waals surface area contributed by atoms with Crippen LogP contribution in [-0.4, -0.2) is 18.1 Å². The molecule has 0 aliphatic rings. The lowest BCUT2D eigenvalue weighted by Gasteiger charge is -2.33. The van der Waals surface area contributed by atoms with Crippen LogP contribution in [-0.2, 0) is 15.0 Å². The molecule has 2 aromatic carbocycles. The maximum Gasteiger partial charge on any atom is 0.402 e. The largest absolute Gasteiger partial charge is 0.423 e. The highest BCUT2D eigenvalue weighted by atomic mass is 19.4. The molecule has 0 unspecified atom stereocenters. The molecule has 0 atom stereocenters. The van der Waals surface area contributed by atoms with Gasteiger partial charge < -0.3 is 9.47 Å². The van der Waals surface area contributed by atoms with E-state index >= 15 is 0 Å². The smallest absolute Gasteiger partial charge is 0.402 e. The van der Waals surface area contributed by atoms with Crippen LogP contribution >= 0.6 is 0 Å². The van der Waals surface area contributed by atoms with Crippen molar-refractivity contribution in [1.82, 2.24) is 0 Å². The van der Waals surface area contributed by atoms with E-state index in [1.54, 1.807) is 0 Å². The maximum atomic E-state index is 14.1. The molecule has 0 heterocycles. The van der Waals surface area contributed by atoms with Crippen molar-refractivity contribution < 1.29 is 32.2 Å². The molecule has 0 bridgehead atoms. The Morgan fingerprint density at radius 3 is 1.27 bits per heavy atom. The zero-order chi connectivity index (χ0) is 22.7. The fourth-order valence-electron chi connectivity index (χ4n) is 2.59. The van der Waals surface area contributed by atoms with Crippen molar-refractivity contribution in [2.75, 3.05) is 0 Å². The summed E-state index contributed by atoms with van der Waals surface area (Å²) in [6.07, 6.45) is -4.63. The minimum absolute atomic E-state index is 0.0446. The Hall–Kier alpha value is -3.35. The van der Waals surface area contributed by atoms with Gasteiger partial charge in [-0.1, -0.05) is 37.4 Å². The molecule has 30 heavy (non-hydrogen) atoms. The molecule has 0 aliphatic carbocycles. The van der Waals surface area contributed by atoms with Crippen molar-refractivity contribution in [1.29, 1.82) is 0 Å². The van der Waals surface area contributed by atoms with Gasteiger partial charge in [0.2, 0.25) is 0 Å². The van der Waals surface area contributed by atoms with Gasteiger partial charge in [0, 0.05) is 11.1 Å². The molecule has 0 saturated carbocycles. The Bertz CT molecular complexity index is 900. The SMILES string of the molecule is C=C(C)C(=O)Oc1ccc(C(C)(c2ccc(OC(=O)C(=C)C)cc2)C(F)(F)F)cc1. The summed E-state index contributed by atoms with van der Waals surface area (Å²) in [6.45, 7) is 10.9. The second-order valence-corrected chi connectivity index (χ2v) is 7.01. The second-order valence-electron chi connectivity index (χ2n) is 7.01. The quantitative estimate of drug-likeness (QED) is 0.352. The van der Waals surface area contributed by atoms with Crippen molar-refractivity contribution in [3.8, 4) is 11.5 Å². The molecular weight excluding hydrogens is 397 g/mol. The van der Waals surface area contributed by atoms with Gasteiger partial charge in [0.05, 0.1) is 0 Å². The fourth-order valence-corrected chi connectivity index (χ4v) is 2.59. The monoisotopic (exact) mass is 418 g/mol. The van der Waals surface area contributed by atoms with Gasteiger partial charge in [0.1, 0.15) is 16.9 Å². The summed E-state index contributed by atoms with van der Waals surface area (Å²) >= 11 is 0. The standard InChI is InChI=1S/C23H21F3O4/c1-14(2)20(27)29-18-10-6-16(7-11-18)22(5,23(24,25)26)17-8-12-19(13-9-17)30-21(28)15(3)4/h6-13H,1,3H2,2,4-5H3. The van der Waals surface area contributed by atoms with Gasteiger partial charge in [-0.05, 0) is 56.2 Å². The number of carbonyl (C=O) groups is 2. The van der Waals surface area contributed by atoms with Gasteiger partial charge in [-0.3, -0.25) is 0 Å². The highest BCUT2D eigenvalue weighted by Gasteiger charge is 2.53. The average molecular weight is 418 g/mol. The van der Waals surface area contributed by atoms with E-state index in [4.69, 9.17) is 9.47 Å². The zero-order valence-corrected chi connectivity index (χ0v) is 16.8. The van der Waals surface area contributed by atoms with E-state index in [-0.39, 0.29) is 33.8 Å². The predicted octanol–water partition coefficient (Wildman–Crippen LogP) is 5.52. The molecule has 158 valence electrons. The van der Waals surface area contributed by atoms with Crippen LogP contribution in [0.4, 0.5) is 13.2 Å². The number of alkyl halides is 3. The van der Waals surface area contributed by atoms with Gasteiger partial charge in [-0.25, -0.2) is 9.59 Å². The summed E-state index contributed by atoms with van der Waals surface area (Å²) in [5, 5.41) is 0. The number of carbonyl (C=O) groups excluding carboxylic acids is 2. The molecule has 0 amide bonds. The van der Waals surface area contributed by atoms with Crippen LogP contribution in [0.5, 0.6) is 11.5 Å². The summed E-state index contributed by atoms with van der Waals surface area (Å²) in [5.41, 5.74) is -2.09. The minimum Gasteiger partial charge on any atom is -0.423 e. The number of halogens is 3. The molecule has 0 radical (unpaired) electrons. The van der Waals surface area contributed by atoms with Crippen molar-refractivity contribution in [2.24, 2.45) is 0 Å². The summed E-state index contributed by atoms with van der Waals surface area (Å²) in [7, 11) is 0. The van der Waals surface area contributed by atoms with Gasteiger partial charge in [0.15, 0.2) is 0 Å². The normalized spacial score (nSPS) is 11.5. The average Bonchev–Trinajstić information content (AvgIpc) is 2.67. The molecule has 4 nitrogen and oxygen atoms in total. The Kier molecular flexibility index (Phi) is 6.55. The third-order valence-corrected chi connectivity index (χ3v) is 4.55. The van der Waals surface area contributed by atoms with E-state index in [2.05, 4.69) is 13.2 Å². The molecule has 0 N–H and O–H groups in total. The second kappa shape index (κ2) is 8.57. The molecule has 2 aromatic rings. The molecule has 0 aliphatic heterocycles. The van der Waals surface area contributed by atoms with Crippen molar-refractivity contribution >= 4 is 11.9 Å². The Morgan fingerprint density at radius 1 is 0.733 bits per heavy atom. The van der Waals surface area contributed by atoms with Crippen molar-refractivity contribution in [2.45, 2.75) is 32.4 Å². The van der Waals surface area contributed by atoms with E-state index in [1.807, 2.05) is 0 Å². The Balaban J connectivity index is 2.39. The number of hydrogen-bond acceptors (Lipinski definition) is 4. The first-order chi connectivity index (χ1) is 13.9. The third-order valence-electron chi connectivity index (χ3n) is 4.55. The Labute approximate surface area is 172 Å². The van der Waals surface area contributed by atoms with Crippen LogP contribution in [0.2, 0.25) is 0 Å². The predicted molar refractivity (Wildman–Crippen MR) is 106 cm³/mol. The number of esters is 2. The first kappa shape index (κ1) is 22.9. The van der Waals surface area contributed by atoms with Crippen LogP contribution in [0.25, 0.3) is 0 Å². The summed E-state index contributed by atoms with van der Waals surface area (Å²) in [4.78, 5) is 23.2. The van der Waals surface area contributed by atoms with Crippen LogP contribution in [0.1, 0.15) is 31.9 Å². The maximum absolute atomic E-state index is 14.1. The number of ether oxygens (including phenoxy) is 2. The summed E-state index contributed by atoms with van der Waals surface area (Å²) < 4.78 is 52.4. The van der Waals surface area contributed by atoms with Crippen LogP contribution in [0, 0.1) is 0 Å². The van der Waals surface area contributed by atoms with E-state index in [0.717, 1.165) is 6.92 Å². The highest BCUT2D eigenvalue weighted by Crippen LogP contribution is 2.46. The molecule has 2 rings (SSSR count). The molecule has 0 fully saturated rings. The molecule has 0 spiro atoms. The first-order valence-electron chi connectivity index (χ1n) is 8.89. The number of benzene rings is 2. The lowest BCUT2D eigenvalue weighted by atomic mass is 9.75. The molecular formula is C23H21F3O4. The van der Waals surface area contributed by atoms with Gasteiger partial charge in [0.25, 0.3) is 0 Å². The van der Waals surface area contributed by atoms with Crippen LogP contribution in [0.15, 0.2) is 72.8 Å². The van der Waals surface area contributed by atoms with Crippen LogP contribution < -0.4 is 9.47 Å². The molecule has 0 saturated heterocycles. The highest BCUT2D eigenvalue weighted by molar-refractivity contribution is 5.89. The number of rotatable bonds is 6. The van der Waals surface area contributed by atoms with E-state index in [0.29, 0.717) is 0 Å². The Morgan fingerprint density at radius 2 is 1.03 bits per heavy atom. The van der Waals surface area contributed by atoms with Crippen LogP contribution in [0.3, 0.4) is 0 Å². The third kappa shape index (κ3) is 4.79. The van der Waals surface area contributed by atoms with E-state index < -0.39 is 23.5 Å². The minimum atomic E-state index is -4.63. The summed E-state index contributed by atoms with van der Waals surface area (Å²) in [5.74, 6) is -1.11. The van der Waals surface area contributed by atoms with E-state index in [9.17, 15) is 22.8 Å². The first-order valence-corrected chi connectivity index (χ1v) is 8.89. The van der Waals surface area contributed by atoms with Gasteiger partial charge >= 0.3 is 18.1 Å². The fraction of sp³-hybridized carbons (Fsp3) is 0.217. The lowest BCUT2D eigenvalue weighted by molar-refractivity contribution is -0.173. The van der Waals surface area contributed by atoms with E-state index in [1.165, 1.54) is 62.4 Å². The molecule has 0 aromatic heterocycles. The van der Waals surface area contributed by atoms with Gasteiger partial charge in [-0.15, -0.1) is 0 Å². The van der Waals surface area contributed by atoms with Crippen molar-refractivity contribution in [3.05, 3.63) is 84.0 Å². The zero-order valence-electron chi connectivity index (χ0n) is 16.8. The van der Waals surface area contributed by atoms with Crippen molar-refractivity contribution in [3.63, 3.8) is 0 Å².